The van der Waals surface area contributed by atoms with Crippen LogP contribution in [0, 0.1) is 17.3 Å². The summed E-state index contributed by atoms with van der Waals surface area (Å²) in [5.41, 5.74) is -0.0635. The zero-order chi connectivity index (χ0) is 13.5. The van der Waals surface area contributed by atoms with E-state index in [0.717, 1.165) is 19.4 Å². The van der Waals surface area contributed by atoms with Gasteiger partial charge in [0.05, 0.1) is 12.5 Å². The quantitative estimate of drug-likeness (QED) is 0.718. The monoisotopic (exact) mass is 266 g/mol. The molecule has 0 aromatic heterocycles. The van der Waals surface area contributed by atoms with Crippen LogP contribution in [0.25, 0.3) is 0 Å². The van der Waals surface area contributed by atoms with E-state index in [1.165, 1.54) is 12.8 Å². The van der Waals surface area contributed by atoms with E-state index in [-0.39, 0.29) is 29.8 Å². The second-order valence-electron chi connectivity index (χ2n) is 6.52. The summed E-state index contributed by atoms with van der Waals surface area (Å²) in [5.74, 6) is 0.581. The highest BCUT2D eigenvalue weighted by Crippen LogP contribution is 2.44. The van der Waals surface area contributed by atoms with Crippen LogP contribution in [0.4, 0.5) is 0 Å². The van der Waals surface area contributed by atoms with Gasteiger partial charge in [-0.25, -0.2) is 0 Å². The van der Waals surface area contributed by atoms with Crippen molar-refractivity contribution in [2.75, 3.05) is 26.2 Å². The average molecular weight is 266 g/mol. The summed E-state index contributed by atoms with van der Waals surface area (Å²) in [5, 5.41) is 12.1. The third kappa shape index (κ3) is 2.91. The van der Waals surface area contributed by atoms with Crippen molar-refractivity contribution in [3.63, 3.8) is 0 Å². The molecule has 1 heterocycles. The van der Waals surface area contributed by atoms with Gasteiger partial charge in [-0.3, -0.25) is 9.59 Å². The number of aliphatic hydroxyl groups excluding tert-OH is 1. The molecule has 0 spiro atoms. The number of carbonyl (C=O) groups is 2. The molecule has 0 radical (unpaired) electrons. The topological polar surface area (TPSA) is 69.6 Å². The summed E-state index contributed by atoms with van der Waals surface area (Å²) in [7, 11) is 0. The van der Waals surface area contributed by atoms with E-state index in [0.29, 0.717) is 25.4 Å². The Morgan fingerprint density at radius 3 is 2.74 bits per heavy atom. The first kappa shape index (κ1) is 12.9. The van der Waals surface area contributed by atoms with E-state index in [9.17, 15) is 14.7 Å². The molecule has 3 aliphatic rings. The van der Waals surface area contributed by atoms with Gasteiger partial charge in [-0.1, -0.05) is 0 Å². The van der Waals surface area contributed by atoms with Crippen LogP contribution in [0.5, 0.6) is 0 Å². The van der Waals surface area contributed by atoms with Gasteiger partial charge in [0.1, 0.15) is 0 Å². The van der Waals surface area contributed by atoms with Crippen molar-refractivity contribution in [3.8, 4) is 0 Å². The van der Waals surface area contributed by atoms with Crippen molar-refractivity contribution < 1.29 is 14.7 Å². The van der Waals surface area contributed by atoms with Crippen LogP contribution < -0.4 is 5.32 Å². The minimum atomic E-state index is -0.194. The van der Waals surface area contributed by atoms with Crippen molar-refractivity contribution in [1.82, 2.24) is 10.2 Å². The Balaban J connectivity index is 1.46. The molecular weight excluding hydrogens is 244 g/mol. The molecule has 106 valence electrons. The fourth-order valence-corrected chi connectivity index (χ4v) is 2.72. The van der Waals surface area contributed by atoms with Crippen LogP contribution in [0.1, 0.15) is 32.1 Å². The summed E-state index contributed by atoms with van der Waals surface area (Å²) in [6.07, 6.45) is 4.77. The van der Waals surface area contributed by atoms with Gasteiger partial charge in [0.2, 0.25) is 11.8 Å². The van der Waals surface area contributed by atoms with Crippen molar-refractivity contribution in [3.05, 3.63) is 0 Å². The van der Waals surface area contributed by atoms with Crippen LogP contribution in [-0.2, 0) is 9.59 Å². The highest BCUT2D eigenvalue weighted by atomic mass is 16.3. The maximum Gasteiger partial charge on any atom is 0.225 e. The van der Waals surface area contributed by atoms with Gasteiger partial charge in [0, 0.05) is 31.5 Å². The molecule has 1 aliphatic heterocycles. The molecule has 0 bridgehead atoms. The van der Waals surface area contributed by atoms with Crippen molar-refractivity contribution in [2.45, 2.75) is 32.1 Å². The highest BCUT2D eigenvalue weighted by Gasteiger charge is 2.43. The molecule has 0 aromatic carbocycles. The number of aliphatic hydroxyl groups is 1. The Bertz CT molecular complexity index is 388. The predicted molar refractivity (Wildman–Crippen MR) is 69.2 cm³/mol. The third-order valence-electron chi connectivity index (χ3n) is 4.69. The molecule has 0 aromatic rings. The first-order valence-corrected chi connectivity index (χ1v) is 7.28. The van der Waals surface area contributed by atoms with Gasteiger partial charge in [0.25, 0.3) is 0 Å². The summed E-state index contributed by atoms with van der Waals surface area (Å²) in [6.45, 7) is 2.11. The van der Waals surface area contributed by atoms with E-state index in [1.54, 1.807) is 0 Å². The van der Waals surface area contributed by atoms with Gasteiger partial charge in [-0.15, -0.1) is 0 Å². The Morgan fingerprint density at radius 1 is 1.42 bits per heavy atom. The maximum absolute atomic E-state index is 12.1. The van der Waals surface area contributed by atoms with Crippen LogP contribution in [-0.4, -0.2) is 48.1 Å². The molecule has 1 saturated heterocycles. The van der Waals surface area contributed by atoms with Gasteiger partial charge in [-0.2, -0.15) is 0 Å². The molecule has 1 unspecified atom stereocenters. The number of hydrogen-bond donors (Lipinski definition) is 2. The SMILES string of the molecule is O=C(NCC1(CO)CC1)C1CC(=O)N(CC2CC2)C1. The standard InChI is InChI=1S/C14H22N2O3/c17-9-14(3-4-14)8-15-13(19)11-5-12(18)16(7-11)6-10-1-2-10/h10-11,17H,1-9H2,(H,15,19). The third-order valence-corrected chi connectivity index (χ3v) is 4.69. The minimum Gasteiger partial charge on any atom is -0.396 e. The van der Waals surface area contributed by atoms with Crippen LogP contribution >= 0.6 is 0 Å². The van der Waals surface area contributed by atoms with Gasteiger partial charge in [-0.05, 0) is 31.6 Å². The molecule has 5 heteroatoms. The van der Waals surface area contributed by atoms with Crippen molar-refractivity contribution in [2.24, 2.45) is 17.3 Å². The predicted octanol–water partition coefficient (Wildman–Crippen LogP) is 0.134. The first-order valence-electron chi connectivity index (χ1n) is 7.28. The number of amides is 2. The molecule has 2 N–H and O–H groups in total. The summed E-state index contributed by atoms with van der Waals surface area (Å²) >= 11 is 0. The number of nitrogens with zero attached hydrogens (tertiary/aromatic N) is 1. The first-order chi connectivity index (χ1) is 9.12. The van der Waals surface area contributed by atoms with Crippen LogP contribution in [0.2, 0.25) is 0 Å². The molecule has 3 fully saturated rings. The molecule has 19 heavy (non-hydrogen) atoms. The normalized spacial score (nSPS) is 28.6. The number of rotatable bonds is 6. The lowest BCUT2D eigenvalue weighted by Crippen LogP contribution is -2.37. The lowest BCUT2D eigenvalue weighted by molar-refractivity contribution is -0.129. The second-order valence-corrected chi connectivity index (χ2v) is 6.52. The Labute approximate surface area is 113 Å². The average Bonchev–Trinajstić information content (AvgIpc) is 3.30. The van der Waals surface area contributed by atoms with Gasteiger partial charge in [0.15, 0.2) is 0 Å². The Kier molecular flexibility index (Phi) is 3.25. The number of hydrogen-bond acceptors (Lipinski definition) is 3. The summed E-state index contributed by atoms with van der Waals surface area (Å²) in [6, 6.07) is 0. The molecule has 2 amide bonds. The summed E-state index contributed by atoms with van der Waals surface area (Å²) in [4.78, 5) is 25.7. The fourth-order valence-electron chi connectivity index (χ4n) is 2.72. The van der Waals surface area contributed by atoms with Crippen LogP contribution in [0.3, 0.4) is 0 Å². The van der Waals surface area contributed by atoms with E-state index >= 15 is 0 Å². The van der Waals surface area contributed by atoms with E-state index in [4.69, 9.17) is 0 Å². The summed E-state index contributed by atoms with van der Waals surface area (Å²) < 4.78 is 0. The van der Waals surface area contributed by atoms with Crippen molar-refractivity contribution in [1.29, 1.82) is 0 Å². The van der Waals surface area contributed by atoms with Crippen molar-refractivity contribution >= 4 is 11.8 Å². The van der Waals surface area contributed by atoms with E-state index in [1.807, 2.05) is 4.90 Å². The zero-order valence-corrected chi connectivity index (χ0v) is 11.2. The zero-order valence-electron chi connectivity index (χ0n) is 11.2. The molecule has 3 rings (SSSR count). The van der Waals surface area contributed by atoms with E-state index in [2.05, 4.69) is 5.32 Å². The Morgan fingerprint density at radius 2 is 2.16 bits per heavy atom. The molecule has 2 aliphatic carbocycles. The van der Waals surface area contributed by atoms with Gasteiger partial charge >= 0.3 is 0 Å². The number of likely N-dealkylation sites (tertiary alicyclic amines) is 1. The lowest BCUT2D eigenvalue weighted by atomic mass is 10.1. The Hall–Kier alpha value is -1.10. The van der Waals surface area contributed by atoms with E-state index < -0.39 is 0 Å². The molecule has 1 atom stereocenters. The highest BCUT2D eigenvalue weighted by molar-refractivity contribution is 5.89. The maximum atomic E-state index is 12.1. The lowest BCUT2D eigenvalue weighted by Gasteiger charge is -2.17. The smallest absolute Gasteiger partial charge is 0.225 e. The minimum absolute atomic E-state index is 0.0219. The largest absolute Gasteiger partial charge is 0.396 e. The second kappa shape index (κ2) is 4.78. The number of nitrogens with one attached hydrogen (secondary N) is 1. The number of carbonyl (C=O) groups excluding carboxylic acids is 2. The molecule has 5 nitrogen and oxygen atoms in total. The molecule has 2 saturated carbocycles. The van der Waals surface area contributed by atoms with Crippen LogP contribution in [0.15, 0.2) is 0 Å². The fraction of sp³-hybridized carbons (Fsp3) is 0.857. The molecular formula is C14H22N2O3. The van der Waals surface area contributed by atoms with Gasteiger partial charge < -0.3 is 15.3 Å².